The molecule has 5 atom stereocenters. The van der Waals surface area contributed by atoms with Crippen molar-refractivity contribution >= 4 is 5.91 Å². The lowest BCUT2D eigenvalue weighted by atomic mass is 9.74. The number of rotatable bonds is 6. The van der Waals surface area contributed by atoms with Crippen molar-refractivity contribution in [3.63, 3.8) is 0 Å². The third-order valence-corrected chi connectivity index (χ3v) is 7.03. The van der Waals surface area contributed by atoms with Gasteiger partial charge < -0.3 is 20.3 Å². The van der Waals surface area contributed by atoms with E-state index >= 15 is 0 Å². The molecule has 5 nitrogen and oxygen atoms in total. The summed E-state index contributed by atoms with van der Waals surface area (Å²) in [6.07, 6.45) is 2.75. The Bertz CT molecular complexity index is 873. The van der Waals surface area contributed by atoms with Gasteiger partial charge in [-0.25, -0.2) is 0 Å². The number of hydrogen-bond donors (Lipinski definition) is 3. The number of ether oxygens (including phenoxy) is 1. The zero-order chi connectivity index (χ0) is 21.9. The van der Waals surface area contributed by atoms with Crippen molar-refractivity contribution in [3.05, 3.63) is 71.8 Å². The molecule has 0 radical (unpaired) electrons. The quantitative estimate of drug-likeness (QED) is 0.666. The highest BCUT2D eigenvalue weighted by molar-refractivity contribution is 5.76. The van der Waals surface area contributed by atoms with E-state index in [1.807, 2.05) is 55.5 Å². The first kappa shape index (κ1) is 22.0. The summed E-state index contributed by atoms with van der Waals surface area (Å²) < 4.78 is 6.43. The SMILES string of the molecule is C[C@]12C[C@@H](c3ccccc3)C[C@](CO)(CC[C@@H](NC(=O)CCc3ccccc3)[C@@H]1O)O2. The Hall–Kier alpha value is -2.21. The van der Waals surface area contributed by atoms with Crippen molar-refractivity contribution in [2.24, 2.45) is 0 Å². The van der Waals surface area contributed by atoms with Gasteiger partial charge in [-0.3, -0.25) is 4.79 Å². The molecule has 2 heterocycles. The average Bonchev–Trinajstić information content (AvgIpc) is 2.87. The largest absolute Gasteiger partial charge is 0.393 e. The van der Waals surface area contributed by atoms with Crippen LogP contribution in [0.15, 0.2) is 60.7 Å². The van der Waals surface area contributed by atoms with Gasteiger partial charge in [0.05, 0.1) is 23.9 Å². The Kier molecular flexibility index (Phi) is 6.47. The molecule has 2 fully saturated rings. The summed E-state index contributed by atoms with van der Waals surface area (Å²) in [5, 5.41) is 24.6. The molecule has 1 amide bonds. The highest BCUT2D eigenvalue weighted by atomic mass is 16.5. The summed E-state index contributed by atoms with van der Waals surface area (Å²) in [6, 6.07) is 19.8. The lowest BCUT2D eigenvalue weighted by Gasteiger charge is -2.49. The summed E-state index contributed by atoms with van der Waals surface area (Å²) in [4.78, 5) is 12.7. The van der Waals surface area contributed by atoms with Crippen molar-refractivity contribution in [2.45, 2.75) is 74.7 Å². The second-order valence-electron chi connectivity index (χ2n) is 9.41. The number of carbonyl (C=O) groups is 1. The summed E-state index contributed by atoms with van der Waals surface area (Å²) in [5.74, 6) is 0.125. The Balaban J connectivity index is 1.48. The fourth-order valence-electron chi connectivity index (χ4n) is 5.39. The van der Waals surface area contributed by atoms with Crippen molar-refractivity contribution in [1.82, 2.24) is 5.32 Å². The predicted molar refractivity (Wildman–Crippen MR) is 120 cm³/mol. The van der Waals surface area contributed by atoms with Crippen LogP contribution >= 0.6 is 0 Å². The van der Waals surface area contributed by atoms with Crippen LogP contribution in [0, 0.1) is 0 Å². The minimum Gasteiger partial charge on any atom is -0.393 e. The van der Waals surface area contributed by atoms with Crippen LogP contribution in [-0.2, 0) is 16.0 Å². The van der Waals surface area contributed by atoms with Crippen molar-refractivity contribution < 1.29 is 19.7 Å². The number of aliphatic hydroxyl groups is 2. The Morgan fingerprint density at radius 1 is 1.10 bits per heavy atom. The lowest BCUT2D eigenvalue weighted by molar-refractivity contribution is -0.230. The normalized spacial score (nSPS) is 32.8. The maximum atomic E-state index is 12.7. The first-order valence-corrected chi connectivity index (χ1v) is 11.3. The highest BCUT2D eigenvalue weighted by Gasteiger charge is 2.54. The monoisotopic (exact) mass is 423 g/mol. The van der Waals surface area contributed by atoms with Crippen LogP contribution < -0.4 is 5.32 Å². The summed E-state index contributed by atoms with van der Waals surface area (Å²) in [7, 11) is 0. The van der Waals surface area contributed by atoms with Gasteiger partial charge in [-0.05, 0) is 56.1 Å². The molecule has 2 aliphatic rings. The molecule has 166 valence electrons. The van der Waals surface area contributed by atoms with Gasteiger partial charge in [0.25, 0.3) is 0 Å². The summed E-state index contributed by atoms with van der Waals surface area (Å²) >= 11 is 0. The molecular formula is C26H33NO4. The van der Waals surface area contributed by atoms with Crippen molar-refractivity contribution in [2.75, 3.05) is 6.61 Å². The molecule has 2 aromatic rings. The smallest absolute Gasteiger partial charge is 0.220 e. The van der Waals surface area contributed by atoms with Crippen molar-refractivity contribution in [1.29, 1.82) is 0 Å². The number of nitrogens with one attached hydrogen (secondary N) is 1. The minimum atomic E-state index is -0.840. The van der Waals surface area contributed by atoms with Gasteiger partial charge in [-0.2, -0.15) is 0 Å². The van der Waals surface area contributed by atoms with Gasteiger partial charge in [0.15, 0.2) is 0 Å². The standard InChI is InChI=1S/C26H33NO4/c1-25-16-21(20-10-6-3-7-11-20)17-26(18-28,31-25)15-14-22(24(25)30)27-23(29)13-12-19-8-4-2-5-9-19/h2-11,21-22,24,28,30H,12-18H2,1H3,(H,27,29)/t21-,22-,24+,25+,26+/m1/s1. The van der Waals surface area contributed by atoms with E-state index in [9.17, 15) is 15.0 Å². The van der Waals surface area contributed by atoms with Gasteiger partial charge in [-0.1, -0.05) is 60.7 Å². The summed E-state index contributed by atoms with van der Waals surface area (Å²) in [6.45, 7) is 1.83. The number of hydrogen-bond acceptors (Lipinski definition) is 4. The molecule has 2 saturated heterocycles. The maximum Gasteiger partial charge on any atom is 0.220 e. The molecule has 3 N–H and O–H groups in total. The highest BCUT2D eigenvalue weighted by Crippen LogP contribution is 2.49. The Labute approximate surface area is 184 Å². The maximum absolute atomic E-state index is 12.7. The molecule has 2 bridgehead atoms. The van der Waals surface area contributed by atoms with E-state index in [2.05, 4.69) is 17.4 Å². The molecule has 0 aromatic heterocycles. The lowest BCUT2D eigenvalue weighted by Crippen LogP contribution is -2.58. The van der Waals surface area contributed by atoms with Crippen LogP contribution in [0.1, 0.15) is 56.1 Å². The van der Waals surface area contributed by atoms with Crippen LogP contribution in [0.2, 0.25) is 0 Å². The Morgan fingerprint density at radius 3 is 2.45 bits per heavy atom. The van der Waals surface area contributed by atoms with Crippen LogP contribution in [0.5, 0.6) is 0 Å². The van der Waals surface area contributed by atoms with E-state index in [4.69, 9.17) is 4.74 Å². The first-order valence-electron chi connectivity index (χ1n) is 11.3. The number of amides is 1. The second-order valence-corrected chi connectivity index (χ2v) is 9.41. The van der Waals surface area contributed by atoms with Crippen LogP contribution in [0.25, 0.3) is 0 Å². The third kappa shape index (κ3) is 4.84. The molecule has 2 aromatic carbocycles. The van der Waals surface area contributed by atoms with Gasteiger partial charge in [-0.15, -0.1) is 0 Å². The van der Waals surface area contributed by atoms with E-state index < -0.39 is 23.3 Å². The second kappa shape index (κ2) is 9.11. The number of fused-ring (bicyclic) bond motifs is 2. The Morgan fingerprint density at radius 2 is 1.77 bits per heavy atom. The van der Waals surface area contributed by atoms with Crippen LogP contribution in [0.3, 0.4) is 0 Å². The van der Waals surface area contributed by atoms with E-state index in [0.29, 0.717) is 38.5 Å². The molecule has 2 aliphatic heterocycles. The minimum absolute atomic E-state index is 0.0643. The van der Waals surface area contributed by atoms with Crippen molar-refractivity contribution in [3.8, 4) is 0 Å². The molecule has 0 unspecified atom stereocenters. The fourth-order valence-corrected chi connectivity index (χ4v) is 5.39. The van der Waals surface area contributed by atoms with Crippen LogP contribution in [0.4, 0.5) is 0 Å². The fraction of sp³-hybridized carbons (Fsp3) is 0.500. The third-order valence-electron chi connectivity index (χ3n) is 7.03. The molecule has 0 aliphatic carbocycles. The average molecular weight is 424 g/mol. The number of benzene rings is 2. The van der Waals surface area contributed by atoms with E-state index in [1.165, 1.54) is 5.56 Å². The zero-order valence-electron chi connectivity index (χ0n) is 18.2. The van der Waals surface area contributed by atoms with Crippen LogP contribution in [-0.4, -0.2) is 46.1 Å². The zero-order valence-corrected chi connectivity index (χ0v) is 18.2. The number of aryl methyl sites for hydroxylation is 1. The van der Waals surface area contributed by atoms with Gasteiger partial charge in [0, 0.05) is 6.42 Å². The predicted octanol–water partition coefficient (Wildman–Crippen LogP) is 3.34. The summed E-state index contributed by atoms with van der Waals surface area (Å²) in [5.41, 5.74) is 0.787. The van der Waals surface area contributed by atoms with E-state index in [-0.39, 0.29) is 18.4 Å². The topological polar surface area (TPSA) is 78.8 Å². The van der Waals surface area contributed by atoms with Gasteiger partial charge >= 0.3 is 0 Å². The molecule has 5 heteroatoms. The first-order chi connectivity index (χ1) is 14.9. The molecule has 0 spiro atoms. The number of aliphatic hydroxyl groups excluding tert-OH is 2. The molecule has 0 saturated carbocycles. The molecule has 4 rings (SSSR count). The molecule has 31 heavy (non-hydrogen) atoms. The van der Waals surface area contributed by atoms with E-state index in [1.54, 1.807) is 0 Å². The van der Waals surface area contributed by atoms with Gasteiger partial charge in [0.1, 0.15) is 6.10 Å². The number of carbonyl (C=O) groups excluding carboxylic acids is 1. The molecular weight excluding hydrogens is 390 g/mol. The van der Waals surface area contributed by atoms with E-state index in [0.717, 1.165) is 5.56 Å². The van der Waals surface area contributed by atoms with Gasteiger partial charge in [0.2, 0.25) is 5.91 Å².